The maximum Gasteiger partial charge on any atom is 0.276 e. The van der Waals surface area contributed by atoms with Crippen LogP contribution in [0.4, 0.5) is 0 Å². The molecule has 4 nitrogen and oxygen atoms in total. The number of halogens is 1. The van der Waals surface area contributed by atoms with Crippen LogP contribution >= 0.6 is 22.6 Å². The van der Waals surface area contributed by atoms with E-state index in [1.54, 1.807) is 17.7 Å². The highest BCUT2D eigenvalue weighted by molar-refractivity contribution is 14.1. The van der Waals surface area contributed by atoms with E-state index in [2.05, 4.69) is 29.2 Å². The molecule has 0 aliphatic rings. The Kier molecular flexibility index (Phi) is 3.70. The van der Waals surface area contributed by atoms with Crippen LogP contribution in [0.25, 0.3) is 3.58 Å². The van der Waals surface area contributed by atoms with Crippen LogP contribution in [-0.2, 0) is 6.54 Å². The van der Waals surface area contributed by atoms with E-state index in [1.807, 2.05) is 11.5 Å². The Morgan fingerprint density at radius 1 is 1.79 bits per heavy atom. The predicted molar refractivity (Wildman–Crippen MR) is 62.4 cm³/mol. The lowest BCUT2D eigenvalue weighted by Crippen LogP contribution is -2.17. The van der Waals surface area contributed by atoms with Crippen LogP contribution in [0.3, 0.4) is 0 Å². The number of carbonyl (C=O) groups excluding carboxylic acids is 1. The van der Waals surface area contributed by atoms with Crippen molar-refractivity contribution in [1.29, 1.82) is 0 Å². The Labute approximate surface area is 95.7 Å². The average Bonchev–Trinajstić information content (AvgIpc) is 2.60. The summed E-state index contributed by atoms with van der Waals surface area (Å²) in [4.78, 5) is 11.1. The third-order valence-corrected chi connectivity index (χ3v) is 2.43. The Morgan fingerprint density at radius 2 is 2.43 bits per heavy atom. The van der Waals surface area contributed by atoms with Crippen molar-refractivity contribution < 1.29 is 10.0 Å². The fraction of sp³-hybridized carbons (Fsp3) is 0.222. The number of hydrogen-bond acceptors (Lipinski definition) is 2. The molecule has 2 N–H and O–H groups in total. The number of rotatable bonds is 3. The minimum atomic E-state index is -0.504. The lowest BCUT2D eigenvalue weighted by Gasteiger charge is -2.02. The molecule has 0 fully saturated rings. The molecule has 76 valence electrons. The van der Waals surface area contributed by atoms with Crippen molar-refractivity contribution >= 4 is 32.1 Å². The summed E-state index contributed by atoms with van der Waals surface area (Å²) in [6.45, 7) is 6.54. The number of aromatic nitrogens is 1. The molecule has 0 unspecified atom stereocenters. The number of aryl methyl sites for hydroxylation is 1. The molecule has 0 saturated carbocycles. The zero-order chi connectivity index (χ0) is 10.7. The van der Waals surface area contributed by atoms with Gasteiger partial charge < -0.3 is 4.57 Å². The number of nitrogens with zero attached hydrogens (tertiary/aromatic N) is 1. The molecular weight excluding hydrogens is 295 g/mol. The molecule has 0 spiro atoms. The topological polar surface area (TPSA) is 54.3 Å². The minimum absolute atomic E-state index is 0.433. The van der Waals surface area contributed by atoms with Crippen LogP contribution in [0.1, 0.15) is 23.0 Å². The van der Waals surface area contributed by atoms with E-state index in [0.717, 1.165) is 15.8 Å². The van der Waals surface area contributed by atoms with Crippen LogP contribution in [0.15, 0.2) is 18.8 Å². The van der Waals surface area contributed by atoms with E-state index in [-0.39, 0.29) is 0 Å². The molecule has 0 bridgehead atoms. The van der Waals surface area contributed by atoms with Gasteiger partial charge in [0.25, 0.3) is 5.91 Å². The first kappa shape index (κ1) is 11.3. The van der Waals surface area contributed by atoms with Crippen LogP contribution in [0.5, 0.6) is 0 Å². The second-order valence-corrected chi connectivity index (χ2v) is 4.05. The van der Waals surface area contributed by atoms with Crippen molar-refractivity contribution in [2.45, 2.75) is 13.5 Å². The predicted octanol–water partition coefficient (Wildman–Crippen LogP) is 2.03. The van der Waals surface area contributed by atoms with Crippen LogP contribution in [0, 0.1) is 0 Å². The van der Waals surface area contributed by atoms with Crippen molar-refractivity contribution in [3.63, 3.8) is 0 Å². The fourth-order valence-corrected chi connectivity index (χ4v) is 1.65. The summed E-state index contributed by atoms with van der Waals surface area (Å²) in [5.74, 6) is -0.504. The summed E-state index contributed by atoms with van der Waals surface area (Å²) in [6.07, 6.45) is 1.69. The van der Waals surface area contributed by atoms with Crippen molar-refractivity contribution in [3.05, 3.63) is 30.1 Å². The van der Waals surface area contributed by atoms with Crippen molar-refractivity contribution in [2.24, 2.45) is 0 Å². The molecule has 1 heterocycles. The lowest BCUT2D eigenvalue weighted by atomic mass is 10.3. The van der Waals surface area contributed by atoms with E-state index >= 15 is 0 Å². The molecule has 0 aliphatic heterocycles. The molecule has 1 aromatic heterocycles. The molecule has 14 heavy (non-hydrogen) atoms. The molecule has 1 aromatic rings. The number of hydroxylamine groups is 1. The van der Waals surface area contributed by atoms with Gasteiger partial charge in [0, 0.05) is 16.3 Å². The van der Waals surface area contributed by atoms with Gasteiger partial charge in [0.1, 0.15) is 0 Å². The highest BCUT2D eigenvalue weighted by atomic mass is 127. The Morgan fingerprint density at radius 3 is 2.79 bits per heavy atom. The van der Waals surface area contributed by atoms with Crippen molar-refractivity contribution in [3.8, 4) is 0 Å². The first-order chi connectivity index (χ1) is 6.60. The third-order valence-electron chi connectivity index (χ3n) is 1.88. The number of carbonyl (C=O) groups is 1. The number of hydrogen-bond donors (Lipinski definition) is 2. The van der Waals surface area contributed by atoms with E-state index < -0.39 is 5.91 Å². The SMILES string of the molecule is C=C(I)c1cc(C(=O)NO)cn1CC. The summed E-state index contributed by atoms with van der Waals surface area (Å²) in [6, 6.07) is 1.70. The fourth-order valence-electron chi connectivity index (χ4n) is 1.19. The standard InChI is InChI=1S/C9H11IN2O2/c1-3-12-5-7(9(13)11-14)4-8(12)6(2)10/h4-5,14H,2-3H2,1H3,(H,11,13). The van der Waals surface area contributed by atoms with Gasteiger partial charge >= 0.3 is 0 Å². The molecular formula is C9H11IN2O2. The molecule has 0 aliphatic carbocycles. The maximum atomic E-state index is 11.1. The monoisotopic (exact) mass is 306 g/mol. The summed E-state index contributed by atoms with van der Waals surface area (Å²) in [5, 5.41) is 8.47. The first-order valence-corrected chi connectivity index (χ1v) is 5.17. The number of nitrogens with one attached hydrogen (secondary N) is 1. The van der Waals surface area contributed by atoms with Gasteiger partial charge in [-0.15, -0.1) is 0 Å². The molecule has 0 atom stereocenters. The zero-order valence-corrected chi connectivity index (χ0v) is 9.91. The van der Waals surface area contributed by atoms with Gasteiger partial charge in [0.2, 0.25) is 0 Å². The van der Waals surface area contributed by atoms with Gasteiger partial charge in [-0.3, -0.25) is 10.0 Å². The third kappa shape index (κ3) is 2.16. The van der Waals surface area contributed by atoms with Crippen LogP contribution in [0.2, 0.25) is 0 Å². The first-order valence-electron chi connectivity index (χ1n) is 4.09. The lowest BCUT2D eigenvalue weighted by molar-refractivity contribution is 0.0706. The molecule has 1 rings (SSSR count). The second kappa shape index (κ2) is 4.61. The largest absolute Gasteiger partial charge is 0.347 e. The molecule has 0 saturated heterocycles. The maximum absolute atomic E-state index is 11.1. The van der Waals surface area contributed by atoms with Gasteiger partial charge in [0.15, 0.2) is 0 Å². The molecule has 0 radical (unpaired) electrons. The van der Waals surface area contributed by atoms with E-state index in [9.17, 15) is 4.79 Å². The van der Waals surface area contributed by atoms with Gasteiger partial charge in [-0.05, 0) is 35.6 Å². The van der Waals surface area contributed by atoms with Crippen molar-refractivity contribution in [1.82, 2.24) is 10.0 Å². The van der Waals surface area contributed by atoms with Crippen LogP contribution < -0.4 is 5.48 Å². The minimum Gasteiger partial charge on any atom is -0.347 e. The smallest absolute Gasteiger partial charge is 0.276 e. The zero-order valence-electron chi connectivity index (χ0n) is 7.75. The Bertz CT molecular complexity index is 371. The quantitative estimate of drug-likeness (QED) is 0.510. The summed E-state index contributed by atoms with van der Waals surface area (Å²) in [5.41, 5.74) is 2.93. The summed E-state index contributed by atoms with van der Waals surface area (Å²) < 4.78 is 2.76. The summed E-state index contributed by atoms with van der Waals surface area (Å²) in [7, 11) is 0. The summed E-state index contributed by atoms with van der Waals surface area (Å²) >= 11 is 2.10. The molecule has 1 amide bonds. The van der Waals surface area contributed by atoms with E-state index in [0.29, 0.717) is 5.56 Å². The van der Waals surface area contributed by atoms with Gasteiger partial charge in [0.05, 0.1) is 11.3 Å². The number of amides is 1. The van der Waals surface area contributed by atoms with Gasteiger partial charge in [-0.1, -0.05) is 6.58 Å². The Hall–Kier alpha value is -0.820. The Balaban J connectivity index is 3.13. The van der Waals surface area contributed by atoms with Gasteiger partial charge in [-0.25, -0.2) is 5.48 Å². The molecule has 0 aromatic carbocycles. The highest BCUT2D eigenvalue weighted by Crippen LogP contribution is 2.22. The van der Waals surface area contributed by atoms with Crippen molar-refractivity contribution in [2.75, 3.05) is 0 Å². The second-order valence-electron chi connectivity index (χ2n) is 2.75. The van der Waals surface area contributed by atoms with Gasteiger partial charge in [-0.2, -0.15) is 0 Å². The highest BCUT2D eigenvalue weighted by Gasteiger charge is 2.11. The molecule has 5 heteroatoms. The van der Waals surface area contributed by atoms with E-state index in [1.165, 1.54) is 0 Å². The normalized spacial score (nSPS) is 9.93. The van der Waals surface area contributed by atoms with Crippen LogP contribution in [-0.4, -0.2) is 15.7 Å². The average molecular weight is 306 g/mol. The van der Waals surface area contributed by atoms with E-state index in [4.69, 9.17) is 5.21 Å².